The minimum Gasteiger partial charge on any atom is -0.381 e. The largest absolute Gasteiger partial charge is 0.381 e. The van der Waals surface area contributed by atoms with Gasteiger partial charge in [0.05, 0.1) is 12.5 Å². The summed E-state index contributed by atoms with van der Waals surface area (Å²) in [6, 6.07) is 0. The van der Waals surface area contributed by atoms with Crippen LogP contribution in [0.1, 0.15) is 12.8 Å². The Morgan fingerprint density at radius 1 is 1.14 bits per heavy atom. The molecule has 2 unspecified atom stereocenters. The van der Waals surface area contributed by atoms with E-state index in [9.17, 15) is 4.79 Å². The van der Waals surface area contributed by atoms with E-state index >= 15 is 0 Å². The van der Waals surface area contributed by atoms with Gasteiger partial charge in [0.25, 0.3) is 0 Å². The second-order valence-electron chi connectivity index (χ2n) is 6.05. The number of hydrogen-bond acceptors (Lipinski definition) is 4. The molecule has 3 aliphatic heterocycles. The van der Waals surface area contributed by atoms with E-state index in [1.165, 1.54) is 6.42 Å². The van der Waals surface area contributed by atoms with E-state index < -0.39 is 0 Å². The molecule has 0 aromatic carbocycles. The molecule has 3 heterocycles. The smallest absolute Gasteiger partial charge is 0.227 e. The third-order valence-electron chi connectivity index (χ3n) is 4.63. The third kappa shape index (κ3) is 4.96. The van der Waals surface area contributed by atoms with E-state index in [0.29, 0.717) is 11.8 Å². The highest BCUT2D eigenvalue weighted by Gasteiger charge is 2.30. The van der Waals surface area contributed by atoms with Crippen molar-refractivity contribution in [3.8, 4) is 0 Å². The van der Waals surface area contributed by atoms with Crippen LogP contribution in [0, 0.1) is 11.8 Å². The molecule has 5 nitrogen and oxygen atoms in total. The number of nitrogens with zero attached hydrogens (tertiary/aromatic N) is 2. The zero-order valence-electron chi connectivity index (χ0n) is 12.5. The fraction of sp³-hybridized carbons (Fsp3) is 0.929. The lowest BCUT2D eigenvalue weighted by molar-refractivity contribution is -0.136. The molecule has 0 aliphatic carbocycles. The molecule has 21 heavy (non-hydrogen) atoms. The van der Waals surface area contributed by atoms with Crippen molar-refractivity contribution in [3.63, 3.8) is 0 Å². The summed E-state index contributed by atoms with van der Waals surface area (Å²) in [5.41, 5.74) is 0. The molecule has 0 aromatic heterocycles. The van der Waals surface area contributed by atoms with Gasteiger partial charge >= 0.3 is 0 Å². The number of halogens is 2. The first-order valence-electron chi connectivity index (χ1n) is 7.62. The van der Waals surface area contributed by atoms with E-state index in [-0.39, 0.29) is 30.7 Å². The van der Waals surface area contributed by atoms with Gasteiger partial charge in [-0.2, -0.15) is 0 Å². The molecule has 0 spiro atoms. The molecule has 3 aliphatic rings. The van der Waals surface area contributed by atoms with Crippen LogP contribution < -0.4 is 5.32 Å². The van der Waals surface area contributed by atoms with Gasteiger partial charge in [0.1, 0.15) is 0 Å². The number of hydrogen-bond donors (Lipinski definition) is 1. The molecular weight excluding hydrogens is 313 g/mol. The lowest BCUT2D eigenvalue weighted by Gasteiger charge is -2.36. The second kappa shape index (κ2) is 9.16. The summed E-state index contributed by atoms with van der Waals surface area (Å²) in [4.78, 5) is 16.9. The van der Waals surface area contributed by atoms with Gasteiger partial charge < -0.3 is 15.0 Å². The summed E-state index contributed by atoms with van der Waals surface area (Å²) < 4.78 is 5.43. The zero-order chi connectivity index (χ0) is 13.1. The van der Waals surface area contributed by atoms with Crippen molar-refractivity contribution in [2.24, 2.45) is 11.8 Å². The van der Waals surface area contributed by atoms with Gasteiger partial charge in [0, 0.05) is 45.9 Å². The molecule has 0 radical (unpaired) electrons. The quantitative estimate of drug-likeness (QED) is 0.818. The molecule has 3 rings (SSSR count). The third-order valence-corrected chi connectivity index (χ3v) is 4.63. The van der Waals surface area contributed by atoms with E-state index in [4.69, 9.17) is 4.74 Å². The number of nitrogens with one attached hydrogen (secondary N) is 1. The van der Waals surface area contributed by atoms with Crippen LogP contribution in [0.2, 0.25) is 0 Å². The van der Waals surface area contributed by atoms with Crippen LogP contribution in [0.25, 0.3) is 0 Å². The van der Waals surface area contributed by atoms with Crippen LogP contribution in [0.5, 0.6) is 0 Å². The van der Waals surface area contributed by atoms with E-state index in [2.05, 4.69) is 15.1 Å². The topological polar surface area (TPSA) is 44.8 Å². The van der Waals surface area contributed by atoms with Crippen molar-refractivity contribution in [2.45, 2.75) is 12.8 Å². The Morgan fingerprint density at radius 2 is 1.90 bits per heavy atom. The molecule has 1 amide bonds. The Bertz CT molecular complexity index is 313. The number of piperazine rings is 1. The molecule has 2 atom stereocenters. The number of ether oxygens (including phenoxy) is 1. The number of carbonyl (C=O) groups excluding carboxylic acids is 1. The van der Waals surface area contributed by atoms with Crippen LogP contribution in [0.3, 0.4) is 0 Å². The van der Waals surface area contributed by atoms with Gasteiger partial charge in [-0.15, -0.1) is 24.8 Å². The Kier molecular flexibility index (Phi) is 8.27. The molecule has 0 aromatic rings. The number of carbonyl (C=O) groups is 1. The molecule has 124 valence electrons. The summed E-state index contributed by atoms with van der Waals surface area (Å²) >= 11 is 0. The first kappa shape index (κ1) is 19.0. The van der Waals surface area contributed by atoms with Crippen molar-refractivity contribution in [2.75, 3.05) is 59.0 Å². The SMILES string of the molecule is Cl.Cl.O=C(C1CCNC1)N1CCN(CC2CCOC2)CC1. The van der Waals surface area contributed by atoms with Crippen LogP contribution in [-0.2, 0) is 9.53 Å². The Hall–Kier alpha value is -0.0700. The fourth-order valence-electron chi connectivity index (χ4n) is 3.37. The zero-order valence-corrected chi connectivity index (χ0v) is 14.1. The maximum atomic E-state index is 12.3. The van der Waals surface area contributed by atoms with Crippen LogP contribution in [0.15, 0.2) is 0 Å². The highest BCUT2D eigenvalue weighted by molar-refractivity contribution is 5.85. The Morgan fingerprint density at radius 3 is 2.48 bits per heavy atom. The number of amides is 1. The van der Waals surface area contributed by atoms with Gasteiger partial charge in [-0.05, 0) is 25.3 Å². The summed E-state index contributed by atoms with van der Waals surface area (Å²) in [6.07, 6.45) is 2.21. The first-order valence-corrected chi connectivity index (χ1v) is 7.62. The summed E-state index contributed by atoms with van der Waals surface area (Å²) in [5, 5.41) is 3.28. The maximum Gasteiger partial charge on any atom is 0.227 e. The molecule has 0 bridgehead atoms. The van der Waals surface area contributed by atoms with Crippen molar-refractivity contribution < 1.29 is 9.53 Å². The van der Waals surface area contributed by atoms with Gasteiger partial charge in [0.15, 0.2) is 0 Å². The first-order chi connectivity index (χ1) is 9.33. The van der Waals surface area contributed by atoms with E-state index in [0.717, 1.165) is 65.4 Å². The molecule has 1 N–H and O–H groups in total. The average Bonchev–Trinajstić information content (AvgIpc) is 3.12. The fourth-order valence-corrected chi connectivity index (χ4v) is 3.37. The normalized spacial score (nSPS) is 29.8. The standard InChI is InChI=1S/C14H25N3O2.2ClH/c18-14(13-1-3-15-9-13)17-6-4-16(5-7-17)10-12-2-8-19-11-12;;/h12-13,15H,1-11H2;2*1H. The van der Waals surface area contributed by atoms with Crippen molar-refractivity contribution in [1.29, 1.82) is 0 Å². The average molecular weight is 340 g/mol. The van der Waals surface area contributed by atoms with Crippen molar-refractivity contribution >= 4 is 30.7 Å². The minimum absolute atomic E-state index is 0. The Balaban J connectivity index is 0.00000110. The highest BCUT2D eigenvalue weighted by Crippen LogP contribution is 2.17. The monoisotopic (exact) mass is 339 g/mol. The van der Waals surface area contributed by atoms with Crippen LogP contribution in [-0.4, -0.2) is 74.7 Å². The maximum absolute atomic E-state index is 12.3. The molecule has 3 saturated heterocycles. The molecule has 3 fully saturated rings. The van der Waals surface area contributed by atoms with Gasteiger partial charge in [-0.3, -0.25) is 9.69 Å². The number of rotatable bonds is 3. The highest BCUT2D eigenvalue weighted by atomic mass is 35.5. The van der Waals surface area contributed by atoms with Crippen LogP contribution in [0.4, 0.5) is 0 Å². The van der Waals surface area contributed by atoms with Crippen molar-refractivity contribution in [1.82, 2.24) is 15.1 Å². The summed E-state index contributed by atoms with van der Waals surface area (Å²) in [7, 11) is 0. The van der Waals surface area contributed by atoms with E-state index in [1.807, 2.05) is 0 Å². The lowest BCUT2D eigenvalue weighted by atomic mass is 10.1. The van der Waals surface area contributed by atoms with E-state index in [1.54, 1.807) is 0 Å². The molecule has 0 saturated carbocycles. The lowest BCUT2D eigenvalue weighted by Crippen LogP contribution is -2.51. The summed E-state index contributed by atoms with van der Waals surface area (Å²) in [5.74, 6) is 1.31. The summed E-state index contributed by atoms with van der Waals surface area (Å²) in [6.45, 7) is 8.74. The van der Waals surface area contributed by atoms with Gasteiger partial charge in [-0.1, -0.05) is 0 Å². The minimum atomic E-state index is 0. The van der Waals surface area contributed by atoms with Gasteiger partial charge in [0.2, 0.25) is 5.91 Å². The predicted molar refractivity (Wildman–Crippen MR) is 87.4 cm³/mol. The molecule has 7 heteroatoms. The second-order valence-corrected chi connectivity index (χ2v) is 6.05. The van der Waals surface area contributed by atoms with Gasteiger partial charge in [-0.25, -0.2) is 0 Å². The Labute approximate surface area is 139 Å². The van der Waals surface area contributed by atoms with Crippen LogP contribution >= 0.6 is 24.8 Å². The molecular formula is C14H27Cl2N3O2. The predicted octanol–water partition coefficient (Wildman–Crippen LogP) is 0.620. The van der Waals surface area contributed by atoms with Crippen molar-refractivity contribution in [3.05, 3.63) is 0 Å².